The van der Waals surface area contributed by atoms with Gasteiger partial charge in [-0.2, -0.15) is 0 Å². The number of hydrogen-bond donors (Lipinski definition) is 2. The van der Waals surface area contributed by atoms with Crippen LogP contribution < -0.4 is 10.9 Å². The van der Waals surface area contributed by atoms with Crippen molar-refractivity contribution in [2.24, 2.45) is 0 Å². The van der Waals surface area contributed by atoms with Crippen molar-refractivity contribution in [3.63, 3.8) is 0 Å². The van der Waals surface area contributed by atoms with Crippen molar-refractivity contribution >= 4 is 5.91 Å². The molecule has 0 aliphatic heterocycles. The second-order valence-corrected chi connectivity index (χ2v) is 3.76. The monoisotopic (exact) mass is 252 g/mol. The molecule has 0 spiro atoms. The Labute approximate surface area is 110 Å². The summed E-state index contributed by atoms with van der Waals surface area (Å²) in [6.07, 6.45) is 1.48. The van der Waals surface area contributed by atoms with E-state index in [1.807, 2.05) is 30.3 Å². The van der Waals surface area contributed by atoms with Crippen LogP contribution in [0, 0.1) is 11.8 Å². The van der Waals surface area contributed by atoms with Crippen LogP contribution in [-0.2, 0) is 0 Å². The molecule has 0 saturated carbocycles. The molecule has 2 N–H and O–H groups in total. The summed E-state index contributed by atoms with van der Waals surface area (Å²) >= 11 is 0. The number of aromatic nitrogens is 1. The summed E-state index contributed by atoms with van der Waals surface area (Å²) in [5.41, 5.74) is 0.564. The lowest BCUT2D eigenvalue weighted by molar-refractivity contribution is 0.0957. The number of carbonyl (C=O) groups excluding carboxylic acids is 1. The van der Waals surface area contributed by atoms with Gasteiger partial charge in [0, 0.05) is 11.8 Å². The van der Waals surface area contributed by atoms with Gasteiger partial charge < -0.3 is 10.3 Å². The highest BCUT2D eigenvalue weighted by Crippen LogP contribution is 1.94. The van der Waals surface area contributed by atoms with Gasteiger partial charge >= 0.3 is 0 Å². The number of hydrogen-bond acceptors (Lipinski definition) is 2. The van der Waals surface area contributed by atoms with Crippen LogP contribution in [0.15, 0.2) is 53.5 Å². The molecule has 0 bridgehead atoms. The molecule has 1 amide bonds. The van der Waals surface area contributed by atoms with Gasteiger partial charge in [0.15, 0.2) is 0 Å². The van der Waals surface area contributed by atoms with Crippen molar-refractivity contribution in [2.75, 3.05) is 6.54 Å². The van der Waals surface area contributed by atoms with Gasteiger partial charge in [0.1, 0.15) is 5.56 Å². The number of amides is 1. The zero-order chi connectivity index (χ0) is 13.5. The third kappa shape index (κ3) is 3.58. The molecule has 19 heavy (non-hydrogen) atoms. The van der Waals surface area contributed by atoms with Crippen LogP contribution in [0.2, 0.25) is 0 Å². The fourth-order valence-electron chi connectivity index (χ4n) is 1.49. The minimum atomic E-state index is -0.427. The van der Waals surface area contributed by atoms with E-state index in [0.717, 1.165) is 5.56 Å². The van der Waals surface area contributed by atoms with Crippen LogP contribution in [-0.4, -0.2) is 17.4 Å². The normalized spacial score (nSPS) is 9.26. The largest absolute Gasteiger partial charge is 0.341 e. The van der Waals surface area contributed by atoms with E-state index in [4.69, 9.17) is 0 Å². The minimum absolute atomic E-state index is 0.0870. The van der Waals surface area contributed by atoms with Crippen molar-refractivity contribution in [2.45, 2.75) is 0 Å². The molecular weight excluding hydrogens is 240 g/mol. The molecule has 4 nitrogen and oxygen atoms in total. The van der Waals surface area contributed by atoms with Crippen LogP contribution >= 0.6 is 0 Å². The Hall–Kier alpha value is -2.80. The average Bonchev–Trinajstić information content (AvgIpc) is 2.45. The van der Waals surface area contributed by atoms with Gasteiger partial charge in [-0.15, -0.1) is 0 Å². The van der Waals surface area contributed by atoms with E-state index in [2.05, 4.69) is 22.1 Å². The Morgan fingerprint density at radius 2 is 1.95 bits per heavy atom. The number of benzene rings is 1. The van der Waals surface area contributed by atoms with Crippen molar-refractivity contribution in [1.82, 2.24) is 10.3 Å². The molecule has 1 aromatic heterocycles. The topological polar surface area (TPSA) is 62.0 Å². The number of pyridine rings is 1. The third-order valence-electron chi connectivity index (χ3n) is 2.41. The number of aromatic amines is 1. The fraction of sp³-hybridized carbons (Fsp3) is 0.0667. The summed E-state index contributed by atoms with van der Waals surface area (Å²) in [7, 11) is 0. The van der Waals surface area contributed by atoms with Crippen LogP contribution in [0.3, 0.4) is 0 Å². The standard InChI is InChI=1S/C15H12N2O2/c18-14(13-9-5-11-17-15(13)19)16-10-4-8-12-6-2-1-3-7-12/h1-3,5-7,9,11H,10H2,(H,16,18)(H,17,19). The number of rotatable bonds is 2. The third-order valence-corrected chi connectivity index (χ3v) is 2.41. The second kappa shape index (κ2) is 6.22. The van der Waals surface area contributed by atoms with E-state index < -0.39 is 11.5 Å². The van der Waals surface area contributed by atoms with Crippen LogP contribution in [0.25, 0.3) is 0 Å². The van der Waals surface area contributed by atoms with E-state index in [0.29, 0.717) is 0 Å². The molecule has 0 unspecified atom stereocenters. The fourth-order valence-corrected chi connectivity index (χ4v) is 1.49. The highest BCUT2D eigenvalue weighted by Gasteiger charge is 2.07. The average molecular weight is 252 g/mol. The van der Waals surface area contributed by atoms with Crippen LogP contribution in [0.4, 0.5) is 0 Å². The summed E-state index contributed by atoms with van der Waals surface area (Å²) in [6.45, 7) is 0.196. The summed E-state index contributed by atoms with van der Waals surface area (Å²) in [5, 5.41) is 2.58. The quantitative estimate of drug-likeness (QED) is 0.788. The molecule has 2 rings (SSSR count). The van der Waals surface area contributed by atoms with Crippen LogP contribution in [0.5, 0.6) is 0 Å². The molecule has 1 aromatic carbocycles. The first-order valence-corrected chi connectivity index (χ1v) is 5.77. The smallest absolute Gasteiger partial charge is 0.260 e. The van der Waals surface area contributed by atoms with Crippen molar-refractivity contribution in [3.05, 3.63) is 70.1 Å². The molecule has 4 heteroatoms. The van der Waals surface area contributed by atoms with Crippen LogP contribution in [0.1, 0.15) is 15.9 Å². The Morgan fingerprint density at radius 3 is 2.68 bits per heavy atom. The highest BCUT2D eigenvalue weighted by atomic mass is 16.2. The van der Waals surface area contributed by atoms with Crippen molar-refractivity contribution < 1.29 is 4.79 Å². The molecule has 0 aliphatic rings. The SMILES string of the molecule is O=C(NCC#Cc1ccccc1)c1ccc[nH]c1=O. The first kappa shape index (κ1) is 12.7. The van der Waals surface area contributed by atoms with Gasteiger partial charge in [-0.25, -0.2) is 0 Å². The maximum Gasteiger partial charge on any atom is 0.260 e. The maximum atomic E-state index is 11.7. The van der Waals surface area contributed by atoms with E-state index >= 15 is 0 Å². The highest BCUT2D eigenvalue weighted by molar-refractivity contribution is 5.93. The summed E-state index contributed by atoms with van der Waals surface area (Å²) < 4.78 is 0. The Balaban J connectivity index is 1.94. The second-order valence-electron chi connectivity index (χ2n) is 3.76. The Morgan fingerprint density at radius 1 is 1.16 bits per heavy atom. The summed E-state index contributed by atoms with van der Waals surface area (Å²) in [6, 6.07) is 12.5. The molecular formula is C15H12N2O2. The molecule has 0 fully saturated rings. The van der Waals surface area contributed by atoms with E-state index in [-0.39, 0.29) is 12.1 Å². The molecule has 2 aromatic rings. The predicted molar refractivity (Wildman–Crippen MR) is 72.7 cm³/mol. The molecule has 0 aliphatic carbocycles. The van der Waals surface area contributed by atoms with Crippen molar-refractivity contribution in [1.29, 1.82) is 0 Å². The number of nitrogens with one attached hydrogen (secondary N) is 2. The molecule has 0 atom stereocenters. The van der Waals surface area contributed by atoms with E-state index in [9.17, 15) is 9.59 Å². The molecule has 94 valence electrons. The van der Waals surface area contributed by atoms with Gasteiger partial charge in [0.2, 0.25) is 0 Å². The van der Waals surface area contributed by atoms with Gasteiger partial charge in [-0.1, -0.05) is 30.0 Å². The molecule has 1 heterocycles. The predicted octanol–water partition coefficient (Wildman–Crippen LogP) is 1.16. The first-order chi connectivity index (χ1) is 9.27. The summed E-state index contributed by atoms with van der Waals surface area (Å²) in [4.78, 5) is 25.5. The lowest BCUT2D eigenvalue weighted by Crippen LogP contribution is -2.29. The number of carbonyl (C=O) groups is 1. The Kier molecular flexibility index (Phi) is 4.14. The van der Waals surface area contributed by atoms with Gasteiger partial charge in [-0.05, 0) is 24.3 Å². The zero-order valence-electron chi connectivity index (χ0n) is 10.1. The minimum Gasteiger partial charge on any atom is -0.341 e. The Bertz CT molecular complexity index is 678. The lowest BCUT2D eigenvalue weighted by Gasteiger charge is -1.99. The first-order valence-electron chi connectivity index (χ1n) is 5.77. The van der Waals surface area contributed by atoms with Gasteiger partial charge in [0.05, 0.1) is 6.54 Å². The zero-order valence-corrected chi connectivity index (χ0v) is 10.1. The van der Waals surface area contributed by atoms with E-state index in [1.165, 1.54) is 12.3 Å². The molecule has 0 radical (unpaired) electrons. The van der Waals surface area contributed by atoms with E-state index in [1.54, 1.807) is 6.07 Å². The number of H-pyrrole nitrogens is 1. The maximum absolute atomic E-state index is 11.7. The molecule has 0 saturated heterocycles. The lowest BCUT2D eigenvalue weighted by atomic mass is 10.2. The summed E-state index contributed by atoms with van der Waals surface area (Å²) in [5.74, 6) is 5.32. The van der Waals surface area contributed by atoms with Gasteiger partial charge in [0.25, 0.3) is 11.5 Å². The van der Waals surface area contributed by atoms with Crippen molar-refractivity contribution in [3.8, 4) is 11.8 Å². The van der Waals surface area contributed by atoms with Gasteiger partial charge in [-0.3, -0.25) is 9.59 Å².